The van der Waals surface area contributed by atoms with Crippen LogP contribution in [0.25, 0.3) is 0 Å². The first-order valence-corrected chi connectivity index (χ1v) is 11.9. The van der Waals surface area contributed by atoms with Crippen LogP contribution in [0.5, 0.6) is 11.5 Å². The Morgan fingerprint density at radius 1 is 1.10 bits per heavy atom. The van der Waals surface area contributed by atoms with E-state index in [1.54, 1.807) is 0 Å². The first-order chi connectivity index (χ1) is 14.6. The van der Waals surface area contributed by atoms with E-state index in [9.17, 15) is 4.79 Å². The first kappa shape index (κ1) is 21.6. The maximum atomic E-state index is 11.6. The SMILES string of the molecule is C[C@@H]1CCCN1CCCOc1ccc(OC2CCN(C(C=O)C3(C)CC3)CC2)cc1. The van der Waals surface area contributed by atoms with Gasteiger partial charge in [-0.1, -0.05) is 6.92 Å². The van der Waals surface area contributed by atoms with Crippen LogP contribution >= 0.6 is 0 Å². The van der Waals surface area contributed by atoms with Crippen LogP contribution in [-0.2, 0) is 4.79 Å². The summed E-state index contributed by atoms with van der Waals surface area (Å²) in [6.45, 7) is 9.59. The molecule has 1 aromatic carbocycles. The Balaban J connectivity index is 1.16. The lowest BCUT2D eigenvalue weighted by Gasteiger charge is -2.37. The average Bonchev–Trinajstić information content (AvgIpc) is 3.36. The van der Waals surface area contributed by atoms with Crippen LogP contribution in [0, 0.1) is 5.41 Å². The standard InChI is InChI=1S/C25H38N2O3/c1-20-5-3-14-26(20)15-4-18-29-21-6-8-22(9-7-21)30-23-10-16-27(17-11-23)24(19-28)25(2)12-13-25/h6-9,19-20,23-24H,3-5,10-18H2,1-2H3/t20-,24?/m1/s1. The van der Waals surface area contributed by atoms with Gasteiger partial charge in [0.1, 0.15) is 23.9 Å². The summed E-state index contributed by atoms with van der Waals surface area (Å²) in [7, 11) is 0. The van der Waals surface area contributed by atoms with E-state index in [0.29, 0.717) is 0 Å². The van der Waals surface area contributed by atoms with Gasteiger partial charge in [0.05, 0.1) is 12.6 Å². The summed E-state index contributed by atoms with van der Waals surface area (Å²) in [6.07, 6.45) is 9.45. The van der Waals surface area contributed by atoms with Crippen LogP contribution in [0.15, 0.2) is 24.3 Å². The minimum Gasteiger partial charge on any atom is -0.494 e. The van der Waals surface area contributed by atoms with Gasteiger partial charge in [0, 0.05) is 25.7 Å². The van der Waals surface area contributed by atoms with Crippen molar-refractivity contribution in [1.29, 1.82) is 0 Å². The molecule has 1 aliphatic carbocycles. The Morgan fingerprint density at radius 3 is 2.40 bits per heavy atom. The van der Waals surface area contributed by atoms with Crippen molar-refractivity contribution in [2.45, 2.75) is 77.0 Å². The number of aldehydes is 1. The fourth-order valence-electron chi connectivity index (χ4n) is 5.05. The number of piperidine rings is 1. The predicted molar refractivity (Wildman–Crippen MR) is 119 cm³/mol. The molecule has 0 N–H and O–H groups in total. The Labute approximate surface area is 181 Å². The number of carbonyl (C=O) groups excluding carboxylic acids is 1. The zero-order valence-electron chi connectivity index (χ0n) is 18.7. The number of hydrogen-bond donors (Lipinski definition) is 0. The third-order valence-electron chi connectivity index (χ3n) is 7.43. The van der Waals surface area contributed by atoms with Gasteiger partial charge >= 0.3 is 0 Å². The summed E-state index contributed by atoms with van der Waals surface area (Å²) >= 11 is 0. The molecule has 2 aliphatic heterocycles. The molecule has 5 nitrogen and oxygen atoms in total. The third-order valence-corrected chi connectivity index (χ3v) is 7.43. The number of nitrogens with zero attached hydrogens (tertiary/aromatic N) is 2. The van der Waals surface area contributed by atoms with Gasteiger partial charge in [0.25, 0.3) is 0 Å². The number of carbonyl (C=O) groups is 1. The summed E-state index contributed by atoms with van der Waals surface area (Å²) in [5, 5.41) is 0. The van der Waals surface area contributed by atoms with Crippen LogP contribution in [0.3, 0.4) is 0 Å². The normalized spacial score (nSPS) is 25.7. The monoisotopic (exact) mass is 414 g/mol. The van der Waals surface area contributed by atoms with Gasteiger partial charge in [-0.05, 0) is 88.1 Å². The van der Waals surface area contributed by atoms with Crippen molar-refractivity contribution < 1.29 is 14.3 Å². The van der Waals surface area contributed by atoms with Crippen molar-refractivity contribution in [3.63, 3.8) is 0 Å². The fourth-order valence-corrected chi connectivity index (χ4v) is 5.05. The van der Waals surface area contributed by atoms with E-state index in [0.717, 1.165) is 63.0 Å². The molecule has 1 aromatic rings. The molecule has 0 radical (unpaired) electrons. The quantitative estimate of drug-likeness (QED) is 0.425. The largest absolute Gasteiger partial charge is 0.494 e. The van der Waals surface area contributed by atoms with E-state index in [4.69, 9.17) is 9.47 Å². The van der Waals surface area contributed by atoms with E-state index in [1.807, 2.05) is 24.3 Å². The zero-order valence-corrected chi connectivity index (χ0v) is 18.7. The Morgan fingerprint density at radius 2 is 1.80 bits per heavy atom. The average molecular weight is 415 g/mol. The fraction of sp³-hybridized carbons (Fsp3) is 0.720. The Kier molecular flexibility index (Phi) is 6.99. The molecule has 3 aliphatic rings. The number of hydrogen-bond acceptors (Lipinski definition) is 5. The highest BCUT2D eigenvalue weighted by Crippen LogP contribution is 2.49. The Hall–Kier alpha value is -1.59. The minimum atomic E-state index is 0.0866. The molecule has 0 spiro atoms. The third kappa shape index (κ3) is 5.36. The second-order valence-corrected chi connectivity index (χ2v) is 9.79. The number of ether oxygens (including phenoxy) is 2. The molecular formula is C25H38N2O3. The minimum absolute atomic E-state index is 0.0866. The van der Waals surface area contributed by atoms with Gasteiger partial charge in [-0.15, -0.1) is 0 Å². The van der Waals surface area contributed by atoms with Crippen molar-refractivity contribution in [2.24, 2.45) is 5.41 Å². The first-order valence-electron chi connectivity index (χ1n) is 11.9. The maximum Gasteiger partial charge on any atom is 0.137 e. The van der Waals surface area contributed by atoms with Crippen molar-refractivity contribution in [3.05, 3.63) is 24.3 Å². The molecule has 1 unspecified atom stereocenters. The van der Waals surface area contributed by atoms with Gasteiger partial charge in [0.15, 0.2) is 0 Å². The molecule has 0 amide bonds. The maximum absolute atomic E-state index is 11.6. The summed E-state index contributed by atoms with van der Waals surface area (Å²) in [5.74, 6) is 1.82. The smallest absolute Gasteiger partial charge is 0.137 e. The Bertz CT molecular complexity index is 680. The lowest BCUT2D eigenvalue weighted by Crippen LogP contribution is -2.48. The molecule has 0 aromatic heterocycles. The van der Waals surface area contributed by atoms with Gasteiger partial charge in [0.2, 0.25) is 0 Å². The molecule has 4 rings (SSSR count). The molecule has 2 saturated heterocycles. The van der Waals surface area contributed by atoms with Gasteiger partial charge in [-0.2, -0.15) is 0 Å². The second-order valence-electron chi connectivity index (χ2n) is 9.79. The summed E-state index contributed by atoms with van der Waals surface area (Å²) < 4.78 is 12.1. The molecule has 5 heteroatoms. The van der Waals surface area contributed by atoms with Gasteiger partial charge in [-0.25, -0.2) is 0 Å². The van der Waals surface area contributed by atoms with E-state index in [1.165, 1.54) is 38.5 Å². The van der Waals surface area contributed by atoms with E-state index < -0.39 is 0 Å². The number of rotatable bonds is 10. The summed E-state index contributed by atoms with van der Waals surface area (Å²) in [6, 6.07) is 8.88. The topological polar surface area (TPSA) is 42.0 Å². The molecule has 3 fully saturated rings. The predicted octanol–water partition coefficient (Wildman–Crippen LogP) is 4.15. The summed E-state index contributed by atoms with van der Waals surface area (Å²) in [4.78, 5) is 16.5. The lowest BCUT2D eigenvalue weighted by atomic mass is 9.95. The second kappa shape index (κ2) is 9.69. The molecule has 2 atom stereocenters. The molecule has 166 valence electrons. The molecule has 2 heterocycles. The van der Waals surface area contributed by atoms with Crippen molar-refractivity contribution >= 4 is 6.29 Å². The van der Waals surface area contributed by atoms with Crippen LogP contribution in [-0.4, -0.2) is 67.1 Å². The van der Waals surface area contributed by atoms with E-state index in [2.05, 4.69) is 23.6 Å². The highest BCUT2D eigenvalue weighted by atomic mass is 16.5. The van der Waals surface area contributed by atoms with E-state index >= 15 is 0 Å². The molecule has 30 heavy (non-hydrogen) atoms. The van der Waals surface area contributed by atoms with Crippen molar-refractivity contribution in [2.75, 3.05) is 32.8 Å². The van der Waals surface area contributed by atoms with Crippen LogP contribution in [0.1, 0.15) is 58.8 Å². The highest BCUT2D eigenvalue weighted by Gasteiger charge is 2.47. The zero-order chi connectivity index (χ0) is 21.0. The molecule has 1 saturated carbocycles. The van der Waals surface area contributed by atoms with Crippen molar-refractivity contribution in [3.8, 4) is 11.5 Å². The van der Waals surface area contributed by atoms with E-state index in [-0.39, 0.29) is 17.6 Å². The van der Waals surface area contributed by atoms with Crippen LogP contribution in [0.2, 0.25) is 0 Å². The van der Waals surface area contributed by atoms with Crippen molar-refractivity contribution in [1.82, 2.24) is 9.80 Å². The number of likely N-dealkylation sites (tertiary alicyclic amines) is 2. The summed E-state index contributed by atoms with van der Waals surface area (Å²) in [5.41, 5.74) is 0.220. The molecular weight excluding hydrogens is 376 g/mol. The lowest BCUT2D eigenvalue weighted by molar-refractivity contribution is -0.115. The highest BCUT2D eigenvalue weighted by molar-refractivity contribution is 5.60. The van der Waals surface area contributed by atoms with Crippen LogP contribution < -0.4 is 9.47 Å². The van der Waals surface area contributed by atoms with Gasteiger partial charge < -0.3 is 19.2 Å². The number of benzene rings is 1. The van der Waals surface area contributed by atoms with Gasteiger partial charge in [-0.3, -0.25) is 4.90 Å². The van der Waals surface area contributed by atoms with Crippen LogP contribution in [0.4, 0.5) is 0 Å². The molecule has 0 bridgehead atoms.